The molecule has 0 unspecified atom stereocenters. The molecule has 0 heterocycles. The normalized spacial score (nSPS) is 5.14. The van der Waals surface area contributed by atoms with Crippen molar-refractivity contribution in [2.24, 2.45) is 0 Å². The number of hydrogen-bond donors (Lipinski definition) is 4. The van der Waals surface area contributed by atoms with Gasteiger partial charge in [0.1, 0.15) is 0 Å². The summed E-state index contributed by atoms with van der Waals surface area (Å²) < 4.78 is 0. The summed E-state index contributed by atoms with van der Waals surface area (Å²) in [5.41, 5.74) is 1.00. The Morgan fingerprint density at radius 2 is 1.00 bits per heavy atom. The third-order valence-electron chi connectivity index (χ3n) is 0. The Bertz CT molecular complexity index is 11.7. The van der Waals surface area contributed by atoms with E-state index in [0.717, 1.165) is 0 Å². The molecule has 7 heteroatoms. The molecule has 0 saturated heterocycles. The molecule has 0 aromatic heterocycles. The van der Waals surface area contributed by atoms with Crippen LogP contribution in [0.4, 0.5) is 0 Å². The standard InChI is InChI=1S/2H2NO2.Sr/c2*2-1-3;/h2*1-2H;/q2*-1;+2. The minimum atomic E-state index is 0. The first-order chi connectivity index (χ1) is 2.83. The van der Waals surface area contributed by atoms with Crippen LogP contribution in [0, 0.1) is 10.4 Å². The van der Waals surface area contributed by atoms with E-state index in [-0.39, 0.29) is 45.5 Å². The third-order valence-corrected chi connectivity index (χ3v) is 0. The van der Waals surface area contributed by atoms with Crippen molar-refractivity contribution in [3.05, 3.63) is 10.4 Å². The van der Waals surface area contributed by atoms with Gasteiger partial charge in [0, 0.05) is 0 Å². The first-order valence-corrected chi connectivity index (χ1v) is 0.855. The van der Waals surface area contributed by atoms with Gasteiger partial charge in [-0.25, -0.2) is 0 Å². The van der Waals surface area contributed by atoms with Gasteiger partial charge in [0.05, 0.1) is 0 Å². The maximum Gasteiger partial charge on any atom is 2.00 e. The van der Waals surface area contributed by atoms with Crippen molar-refractivity contribution in [2.75, 3.05) is 0 Å². The zero-order chi connectivity index (χ0) is 5.41. The third kappa shape index (κ3) is 129. The second-order valence-electron chi connectivity index (χ2n) is 0.183. The van der Waals surface area contributed by atoms with Gasteiger partial charge in [-0.3, -0.25) is 11.3 Å². The topological polar surface area (TPSA) is 111 Å². The van der Waals surface area contributed by atoms with Crippen LogP contribution in [-0.2, 0) is 0 Å². The van der Waals surface area contributed by atoms with Crippen molar-refractivity contribution >= 4 is 45.5 Å². The van der Waals surface area contributed by atoms with E-state index in [1.165, 1.54) is 0 Å². The van der Waals surface area contributed by atoms with Gasteiger partial charge in [-0.05, 0) is 0 Å². The van der Waals surface area contributed by atoms with Crippen LogP contribution < -0.4 is 11.3 Å². The summed E-state index contributed by atoms with van der Waals surface area (Å²) in [7, 11) is 0. The van der Waals surface area contributed by atoms with Gasteiger partial charge in [0.25, 0.3) is 0 Å². The summed E-state index contributed by atoms with van der Waals surface area (Å²) in [5.74, 6) is 0. The van der Waals surface area contributed by atoms with Crippen molar-refractivity contribution in [3.63, 3.8) is 0 Å². The molecule has 0 aliphatic rings. The van der Waals surface area contributed by atoms with Gasteiger partial charge < -0.3 is 20.8 Å². The van der Waals surface area contributed by atoms with Crippen molar-refractivity contribution < 1.29 is 10.4 Å². The maximum absolute atomic E-state index is 8.24. The molecule has 40 valence electrons. The predicted octanol–water partition coefficient (Wildman–Crippen LogP) is -1.45. The van der Waals surface area contributed by atoms with Crippen molar-refractivity contribution in [2.45, 2.75) is 0 Å². The van der Waals surface area contributed by atoms with Gasteiger partial charge in [0.15, 0.2) is 0 Å². The van der Waals surface area contributed by atoms with Crippen LogP contribution >= 0.6 is 0 Å². The van der Waals surface area contributed by atoms with Crippen molar-refractivity contribution in [1.29, 1.82) is 0 Å². The molecule has 0 aromatic rings. The van der Waals surface area contributed by atoms with Gasteiger partial charge in [-0.2, -0.15) is 0 Å². The quantitative estimate of drug-likeness (QED) is 0.270. The van der Waals surface area contributed by atoms with Gasteiger partial charge in [-0.1, -0.05) is 0 Å². The summed E-state index contributed by atoms with van der Waals surface area (Å²) in [6, 6.07) is 0. The Kier molecular flexibility index (Phi) is 60.3. The summed E-state index contributed by atoms with van der Waals surface area (Å²) in [5, 5.41) is 30.0. The van der Waals surface area contributed by atoms with Crippen molar-refractivity contribution in [3.8, 4) is 0 Å². The van der Waals surface area contributed by atoms with Crippen molar-refractivity contribution in [1.82, 2.24) is 11.3 Å². The average molecular weight is 184 g/mol. The summed E-state index contributed by atoms with van der Waals surface area (Å²) in [6.45, 7) is 0. The molecule has 0 rings (SSSR count). The number of nitrogens with one attached hydrogen (secondary N) is 2. The molecule has 6 nitrogen and oxygen atoms in total. The van der Waals surface area contributed by atoms with E-state index in [1.807, 2.05) is 0 Å². The second kappa shape index (κ2) is 26.9. The molecule has 0 spiro atoms. The Balaban J connectivity index is -0.0000000400. The van der Waals surface area contributed by atoms with E-state index in [2.05, 4.69) is 0 Å². The number of hydrogen-bond acceptors (Lipinski definition) is 6. The van der Waals surface area contributed by atoms with E-state index in [1.54, 1.807) is 0 Å². The predicted molar refractivity (Wildman–Crippen MR) is 22.3 cm³/mol. The van der Waals surface area contributed by atoms with Gasteiger partial charge in [0.2, 0.25) is 0 Å². The Morgan fingerprint density at radius 1 is 1.00 bits per heavy atom. The van der Waals surface area contributed by atoms with E-state index < -0.39 is 0 Å². The molecule has 0 aliphatic carbocycles. The first kappa shape index (κ1) is 15.7. The minimum absolute atomic E-state index is 0. The molecule has 7 heavy (non-hydrogen) atoms. The van der Waals surface area contributed by atoms with E-state index in [4.69, 9.17) is 20.8 Å². The molecule has 4 N–H and O–H groups in total. The Morgan fingerprint density at radius 3 is 1.00 bits per heavy atom. The van der Waals surface area contributed by atoms with Crippen LogP contribution in [0.3, 0.4) is 0 Å². The van der Waals surface area contributed by atoms with Crippen LogP contribution in [-0.4, -0.2) is 55.9 Å². The molecule has 0 aliphatic heterocycles. The maximum atomic E-state index is 8.24. The fraction of sp³-hybridized carbons (Fsp3) is 0. The second-order valence-corrected chi connectivity index (χ2v) is 0.183. The van der Waals surface area contributed by atoms with Gasteiger partial charge >= 0.3 is 45.5 Å². The van der Waals surface area contributed by atoms with Crippen LogP contribution in [0.2, 0.25) is 0 Å². The summed E-state index contributed by atoms with van der Waals surface area (Å²) in [6.07, 6.45) is 0. The Labute approximate surface area is 76.9 Å². The minimum Gasteiger partial charge on any atom is -0.765 e. The van der Waals surface area contributed by atoms with E-state index in [9.17, 15) is 0 Å². The fourth-order valence-electron chi connectivity index (χ4n) is 0. The van der Waals surface area contributed by atoms with Gasteiger partial charge in [-0.15, -0.1) is 0 Å². The molecule has 0 bridgehead atoms. The molecule has 0 fully saturated rings. The fourth-order valence-corrected chi connectivity index (χ4v) is 0. The smallest absolute Gasteiger partial charge is 0.765 e. The van der Waals surface area contributed by atoms with Crippen LogP contribution in [0.1, 0.15) is 0 Å². The first-order valence-electron chi connectivity index (χ1n) is 0.855. The molecular weight excluding hydrogens is 180 g/mol. The average Bonchev–Trinajstić information content (AvgIpc) is 1.39. The zero-order valence-corrected chi connectivity index (χ0v) is 6.89. The monoisotopic (exact) mass is 184 g/mol. The molecular formula is H4N2O4Sr. The molecule has 0 aromatic carbocycles. The molecule has 0 atom stereocenters. The molecule has 0 amide bonds. The number of rotatable bonds is 0. The molecule has 0 radical (unpaired) electrons. The Hall–Kier alpha value is 1.24. The van der Waals surface area contributed by atoms with Crippen LogP contribution in [0.5, 0.6) is 0 Å². The van der Waals surface area contributed by atoms with E-state index in [0.29, 0.717) is 11.3 Å². The van der Waals surface area contributed by atoms with Crippen LogP contribution in [0.25, 0.3) is 0 Å². The van der Waals surface area contributed by atoms with Crippen LogP contribution in [0.15, 0.2) is 0 Å². The largest absolute Gasteiger partial charge is 2.00 e. The zero-order valence-electron chi connectivity index (χ0n) is 3.42. The van der Waals surface area contributed by atoms with E-state index >= 15 is 0 Å². The SMILES string of the molecule is [O-]NO.[O-]NO.[Sr+2]. The summed E-state index contributed by atoms with van der Waals surface area (Å²) >= 11 is 0. The summed E-state index contributed by atoms with van der Waals surface area (Å²) in [4.78, 5) is 0. The molecule has 0 saturated carbocycles.